The molecule has 1 unspecified atom stereocenters. The van der Waals surface area contributed by atoms with Gasteiger partial charge in [0.05, 0.1) is 40.3 Å². The van der Waals surface area contributed by atoms with E-state index in [1.807, 2.05) is 25.9 Å². The maximum atomic E-state index is 13.4. The van der Waals surface area contributed by atoms with Gasteiger partial charge < -0.3 is 20.2 Å². The summed E-state index contributed by atoms with van der Waals surface area (Å²) in [5.41, 5.74) is -0.384. The van der Waals surface area contributed by atoms with E-state index in [1.165, 1.54) is 34.0 Å². The summed E-state index contributed by atoms with van der Waals surface area (Å²) in [5.74, 6) is -0.0664. The molecule has 1 aliphatic heterocycles. The molecule has 4 aromatic rings. The maximum absolute atomic E-state index is 13.4. The Hall–Kier alpha value is -4.33. The molecule has 2 amide bonds. The second-order valence-corrected chi connectivity index (χ2v) is 11.1. The molecule has 4 heterocycles. The molecule has 0 radical (unpaired) electrons. The van der Waals surface area contributed by atoms with Gasteiger partial charge in [-0.1, -0.05) is 32.4 Å². The number of hydrogen-bond donors (Lipinski definition) is 3. The monoisotopic (exact) mass is 590 g/mol. The number of fused-ring (bicyclic) bond motifs is 1. The summed E-state index contributed by atoms with van der Waals surface area (Å²) in [6, 6.07) is 4.33. The molecule has 216 valence electrons. The average Bonchev–Trinajstić information content (AvgIpc) is 3.55. The van der Waals surface area contributed by atoms with Crippen LogP contribution in [0.15, 0.2) is 43.0 Å². The van der Waals surface area contributed by atoms with E-state index in [1.54, 1.807) is 17.0 Å². The number of nitrogens with one attached hydrogen (secondary N) is 2. The Morgan fingerprint density at radius 3 is 2.56 bits per heavy atom. The van der Waals surface area contributed by atoms with Gasteiger partial charge in [0.2, 0.25) is 0 Å². The number of aromatic amines is 1. The van der Waals surface area contributed by atoms with Crippen LogP contribution in [0.1, 0.15) is 36.8 Å². The van der Waals surface area contributed by atoms with E-state index < -0.39 is 24.0 Å². The highest BCUT2D eigenvalue weighted by Gasteiger charge is 2.40. The third-order valence-corrected chi connectivity index (χ3v) is 7.31. The van der Waals surface area contributed by atoms with Crippen LogP contribution in [0.5, 0.6) is 0 Å². The van der Waals surface area contributed by atoms with Gasteiger partial charge in [-0.2, -0.15) is 18.3 Å². The van der Waals surface area contributed by atoms with Crippen LogP contribution in [0.3, 0.4) is 0 Å². The number of benzene rings is 1. The molecular formula is C26H26ClF3N8O3. The highest BCUT2D eigenvalue weighted by atomic mass is 35.5. The average molecular weight is 591 g/mol. The summed E-state index contributed by atoms with van der Waals surface area (Å²) in [5, 5.41) is 18.4. The first-order chi connectivity index (χ1) is 19.3. The van der Waals surface area contributed by atoms with E-state index in [-0.39, 0.29) is 64.3 Å². The van der Waals surface area contributed by atoms with Gasteiger partial charge in [-0.25, -0.2) is 14.8 Å². The van der Waals surface area contributed by atoms with Crippen LogP contribution in [0.4, 0.5) is 29.5 Å². The largest absolute Gasteiger partial charge is 0.465 e. The van der Waals surface area contributed by atoms with Crippen molar-refractivity contribution in [3.05, 3.63) is 59.3 Å². The molecule has 1 aromatic carbocycles. The number of carbonyl (C=O) groups excluding carboxylic acids is 1. The van der Waals surface area contributed by atoms with Crippen molar-refractivity contribution >= 4 is 40.8 Å². The molecule has 0 bridgehead atoms. The van der Waals surface area contributed by atoms with Gasteiger partial charge >= 0.3 is 12.3 Å². The zero-order valence-corrected chi connectivity index (χ0v) is 23.0. The Kier molecular flexibility index (Phi) is 7.05. The number of carboxylic acid groups (broad SMARTS) is 1. The van der Waals surface area contributed by atoms with Crippen LogP contribution in [-0.4, -0.2) is 77.1 Å². The molecule has 3 N–H and O–H groups in total. The van der Waals surface area contributed by atoms with Crippen molar-refractivity contribution in [2.75, 3.05) is 25.0 Å². The molecule has 3 aromatic heterocycles. The standard InChI is InChI=1S/C26H26ClF3N8O3/c1-25(2,3)19-13-36(8-9-38(19)24(40)41)23(39)15-5-4-14(10-17(15)27)34-21-22-32-12-18(37(22)7-6-31-21)16-11-33-35-20(16)26(28,29)30/h4-7,10-12,19H,8-9,13H2,1-3H3,(H,31,34)(H,33,35)(H,40,41). The van der Waals surface area contributed by atoms with Crippen molar-refractivity contribution in [3.63, 3.8) is 0 Å². The summed E-state index contributed by atoms with van der Waals surface area (Å²) < 4.78 is 41.7. The number of anilines is 2. The molecule has 1 fully saturated rings. The molecular weight excluding hydrogens is 565 g/mol. The first-order valence-electron chi connectivity index (χ1n) is 12.5. The second kappa shape index (κ2) is 10.3. The number of rotatable bonds is 4. The predicted molar refractivity (Wildman–Crippen MR) is 144 cm³/mol. The van der Waals surface area contributed by atoms with Crippen LogP contribution in [0.25, 0.3) is 16.9 Å². The third kappa shape index (κ3) is 5.38. The molecule has 41 heavy (non-hydrogen) atoms. The van der Waals surface area contributed by atoms with E-state index in [4.69, 9.17) is 11.6 Å². The summed E-state index contributed by atoms with van der Waals surface area (Å²) in [7, 11) is 0. The molecule has 0 aliphatic carbocycles. The van der Waals surface area contributed by atoms with Crippen molar-refractivity contribution in [3.8, 4) is 11.3 Å². The Morgan fingerprint density at radius 1 is 1.15 bits per heavy atom. The lowest BCUT2D eigenvalue weighted by Gasteiger charge is -2.46. The predicted octanol–water partition coefficient (Wildman–Crippen LogP) is 5.39. The van der Waals surface area contributed by atoms with Crippen LogP contribution in [0, 0.1) is 5.41 Å². The first kappa shape index (κ1) is 28.2. The van der Waals surface area contributed by atoms with E-state index in [0.717, 1.165) is 6.20 Å². The first-order valence-corrected chi connectivity index (χ1v) is 12.9. The zero-order chi connectivity index (χ0) is 29.7. The van der Waals surface area contributed by atoms with Crippen LogP contribution < -0.4 is 5.32 Å². The van der Waals surface area contributed by atoms with Crippen molar-refractivity contribution in [1.82, 2.24) is 34.4 Å². The lowest BCUT2D eigenvalue weighted by molar-refractivity contribution is -0.140. The summed E-state index contributed by atoms with van der Waals surface area (Å²) in [6.07, 6.45) is -0.372. The second-order valence-electron chi connectivity index (χ2n) is 10.7. The molecule has 0 spiro atoms. The Balaban J connectivity index is 1.38. The minimum Gasteiger partial charge on any atom is -0.465 e. The molecule has 15 heteroatoms. The van der Waals surface area contributed by atoms with Crippen LogP contribution in [0.2, 0.25) is 5.02 Å². The minimum absolute atomic E-state index is 0.161. The third-order valence-electron chi connectivity index (χ3n) is 7.00. The molecule has 0 saturated carbocycles. The Morgan fingerprint density at radius 2 is 1.90 bits per heavy atom. The summed E-state index contributed by atoms with van der Waals surface area (Å²) in [6.45, 7) is 6.43. The number of nitrogens with zero attached hydrogens (tertiary/aromatic N) is 6. The number of halogens is 4. The highest BCUT2D eigenvalue weighted by molar-refractivity contribution is 6.34. The quantitative estimate of drug-likeness (QED) is 0.290. The van der Waals surface area contributed by atoms with Crippen molar-refractivity contribution < 1.29 is 27.9 Å². The Bertz CT molecular complexity index is 1630. The van der Waals surface area contributed by atoms with Crippen molar-refractivity contribution in [2.24, 2.45) is 5.41 Å². The normalized spacial score (nSPS) is 16.3. The highest BCUT2D eigenvalue weighted by Crippen LogP contribution is 2.36. The molecule has 5 rings (SSSR count). The van der Waals surface area contributed by atoms with Gasteiger partial charge in [0.25, 0.3) is 5.91 Å². The topological polar surface area (TPSA) is 132 Å². The molecule has 1 saturated heterocycles. The van der Waals surface area contributed by atoms with Gasteiger partial charge in [0.15, 0.2) is 11.5 Å². The van der Waals surface area contributed by atoms with E-state index >= 15 is 0 Å². The van der Waals surface area contributed by atoms with Crippen molar-refractivity contribution in [2.45, 2.75) is 33.0 Å². The molecule has 1 atom stereocenters. The Labute approximate surface area is 236 Å². The van der Waals surface area contributed by atoms with Gasteiger partial charge in [-0.05, 0) is 23.6 Å². The maximum Gasteiger partial charge on any atom is 0.433 e. The zero-order valence-electron chi connectivity index (χ0n) is 22.2. The lowest BCUT2D eigenvalue weighted by Crippen LogP contribution is -2.60. The summed E-state index contributed by atoms with van der Waals surface area (Å²) in [4.78, 5) is 36.6. The number of imidazole rings is 1. The minimum atomic E-state index is -4.63. The summed E-state index contributed by atoms with van der Waals surface area (Å²) >= 11 is 6.51. The van der Waals surface area contributed by atoms with E-state index in [2.05, 4.69) is 20.4 Å². The number of amides is 2. The van der Waals surface area contributed by atoms with Crippen molar-refractivity contribution in [1.29, 1.82) is 0 Å². The number of aromatic nitrogens is 5. The fourth-order valence-electron chi connectivity index (χ4n) is 4.91. The SMILES string of the molecule is CC(C)(C)C1CN(C(=O)c2ccc(Nc3nccn4c(-c5cn[nH]c5C(F)(F)F)cnc34)cc2Cl)CCN1C(=O)O. The fraction of sp³-hybridized carbons (Fsp3) is 0.346. The number of piperazine rings is 1. The number of hydrogen-bond acceptors (Lipinski definition) is 6. The lowest BCUT2D eigenvalue weighted by atomic mass is 9.84. The number of H-pyrrole nitrogens is 1. The van der Waals surface area contributed by atoms with E-state index in [0.29, 0.717) is 5.69 Å². The number of carbonyl (C=O) groups is 2. The molecule has 11 nitrogen and oxygen atoms in total. The van der Waals surface area contributed by atoms with Gasteiger partial charge in [0, 0.05) is 37.7 Å². The van der Waals surface area contributed by atoms with Gasteiger partial charge in [0.1, 0.15) is 5.69 Å². The fourth-order valence-corrected chi connectivity index (χ4v) is 5.18. The van der Waals surface area contributed by atoms with Gasteiger partial charge in [-0.15, -0.1) is 0 Å². The van der Waals surface area contributed by atoms with E-state index in [9.17, 15) is 27.9 Å². The number of alkyl halides is 3. The van der Waals surface area contributed by atoms with Crippen LogP contribution >= 0.6 is 11.6 Å². The molecule has 1 aliphatic rings. The smallest absolute Gasteiger partial charge is 0.433 e. The van der Waals surface area contributed by atoms with Crippen LogP contribution in [-0.2, 0) is 6.18 Å². The van der Waals surface area contributed by atoms with Gasteiger partial charge in [-0.3, -0.25) is 14.3 Å².